The van der Waals surface area contributed by atoms with Crippen LogP contribution in [0.15, 0.2) is 47.0 Å². The van der Waals surface area contributed by atoms with Crippen LogP contribution in [0.25, 0.3) is 11.4 Å². The van der Waals surface area contributed by atoms with Crippen molar-refractivity contribution in [2.45, 2.75) is 12.8 Å². The molecular formula is C19H15ClN4O3. The summed E-state index contributed by atoms with van der Waals surface area (Å²) in [6.45, 7) is 0. The normalized spacial score (nSPS) is 10.3. The number of carbonyl (C=O) groups excluding carboxylic acids is 1. The summed E-state index contributed by atoms with van der Waals surface area (Å²) in [5.74, 6) is 1.34. The van der Waals surface area contributed by atoms with Crippen molar-refractivity contribution in [2.24, 2.45) is 0 Å². The van der Waals surface area contributed by atoms with Crippen LogP contribution in [0.3, 0.4) is 0 Å². The topological polar surface area (TPSA) is 101 Å². The first-order valence-corrected chi connectivity index (χ1v) is 8.43. The summed E-state index contributed by atoms with van der Waals surface area (Å²) in [5.41, 5.74) is 1.67. The van der Waals surface area contributed by atoms with E-state index in [1.165, 1.54) is 6.07 Å². The maximum atomic E-state index is 12.1. The number of nitriles is 1. The Morgan fingerprint density at radius 3 is 2.74 bits per heavy atom. The molecule has 3 rings (SSSR count). The molecule has 0 bridgehead atoms. The fraction of sp³-hybridized carbons (Fsp3) is 0.158. The van der Waals surface area contributed by atoms with Crippen molar-refractivity contribution in [1.29, 1.82) is 5.26 Å². The average Bonchev–Trinajstić information content (AvgIpc) is 3.16. The molecule has 3 aromatic rings. The first-order chi connectivity index (χ1) is 13.1. The first-order valence-electron chi connectivity index (χ1n) is 8.05. The Labute approximate surface area is 160 Å². The molecule has 27 heavy (non-hydrogen) atoms. The Balaban J connectivity index is 1.57. The molecule has 136 valence electrons. The minimum atomic E-state index is -0.222. The van der Waals surface area contributed by atoms with Crippen LogP contribution in [0, 0.1) is 11.3 Å². The van der Waals surface area contributed by atoms with Gasteiger partial charge < -0.3 is 14.6 Å². The summed E-state index contributed by atoms with van der Waals surface area (Å²) in [6.07, 6.45) is 0.473. The lowest BCUT2D eigenvalue weighted by atomic mass is 10.2. The number of nitrogens with zero attached hydrogens (tertiary/aromatic N) is 3. The lowest BCUT2D eigenvalue weighted by Gasteiger charge is -2.05. The van der Waals surface area contributed by atoms with Crippen LogP contribution in [0.5, 0.6) is 5.75 Å². The van der Waals surface area contributed by atoms with Crippen molar-refractivity contribution in [1.82, 2.24) is 10.1 Å². The van der Waals surface area contributed by atoms with Crippen LogP contribution in [-0.4, -0.2) is 23.2 Å². The van der Waals surface area contributed by atoms with Crippen molar-refractivity contribution in [3.63, 3.8) is 0 Å². The molecule has 0 unspecified atom stereocenters. The highest BCUT2D eigenvalue weighted by molar-refractivity contribution is 6.32. The molecule has 0 aliphatic heterocycles. The summed E-state index contributed by atoms with van der Waals surface area (Å²) in [5, 5.41) is 15.8. The lowest BCUT2D eigenvalue weighted by molar-refractivity contribution is -0.116. The third-order valence-corrected chi connectivity index (χ3v) is 4.07. The number of amides is 1. The molecule has 8 heteroatoms. The van der Waals surface area contributed by atoms with E-state index in [-0.39, 0.29) is 17.4 Å². The number of ether oxygens (including phenoxy) is 1. The number of carbonyl (C=O) groups is 1. The number of aromatic nitrogens is 2. The zero-order valence-corrected chi connectivity index (χ0v) is 15.2. The van der Waals surface area contributed by atoms with E-state index in [1.807, 2.05) is 30.3 Å². The largest absolute Gasteiger partial charge is 0.497 e. The summed E-state index contributed by atoms with van der Waals surface area (Å²) < 4.78 is 10.3. The smallest absolute Gasteiger partial charge is 0.227 e. The number of methoxy groups -OCH3 is 1. The number of aryl methyl sites for hydroxylation is 1. The van der Waals surface area contributed by atoms with E-state index >= 15 is 0 Å². The Kier molecular flexibility index (Phi) is 5.69. The molecule has 0 aliphatic rings. The van der Waals surface area contributed by atoms with E-state index in [2.05, 4.69) is 15.5 Å². The van der Waals surface area contributed by atoms with Gasteiger partial charge in [0.05, 0.1) is 17.7 Å². The van der Waals surface area contributed by atoms with Gasteiger partial charge in [-0.2, -0.15) is 10.2 Å². The van der Waals surface area contributed by atoms with E-state index in [0.717, 1.165) is 11.3 Å². The van der Waals surface area contributed by atoms with Gasteiger partial charge in [-0.1, -0.05) is 16.8 Å². The molecule has 0 atom stereocenters. The van der Waals surface area contributed by atoms with Crippen molar-refractivity contribution >= 4 is 23.2 Å². The second-order valence-corrected chi connectivity index (χ2v) is 6.00. The molecule has 7 nitrogen and oxygen atoms in total. The Morgan fingerprint density at radius 1 is 1.30 bits per heavy atom. The number of benzene rings is 2. The number of anilines is 1. The van der Waals surface area contributed by atoms with E-state index < -0.39 is 0 Å². The number of hydrogen-bond donors (Lipinski definition) is 1. The summed E-state index contributed by atoms with van der Waals surface area (Å²) in [4.78, 5) is 16.4. The molecule has 0 aliphatic carbocycles. The number of nitrogens with one attached hydrogen (secondary N) is 1. The highest BCUT2D eigenvalue weighted by Gasteiger charge is 2.11. The second-order valence-electron chi connectivity index (χ2n) is 5.59. The Bertz CT molecular complexity index is 993. The van der Waals surface area contributed by atoms with Gasteiger partial charge >= 0.3 is 0 Å². The Morgan fingerprint density at radius 2 is 2.07 bits per heavy atom. The number of hydrogen-bond acceptors (Lipinski definition) is 6. The van der Waals surface area contributed by atoms with Crippen LogP contribution < -0.4 is 10.1 Å². The van der Waals surface area contributed by atoms with Gasteiger partial charge in [-0.25, -0.2) is 0 Å². The second kappa shape index (κ2) is 8.34. The zero-order valence-electron chi connectivity index (χ0n) is 14.4. The van der Waals surface area contributed by atoms with Crippen molar-refractivity contribution in [3.8, 4) is 23.2 Å². The minimum absolute atomic E-state index is 0.169. The summed E-state index contributed by atoms with van der Waals surface area (Å²) >= 11 is 5.95. The molecule has 1 heterocycles. The van der Waals surface area contributed by atoms with E-state index in [0.29, 0.717) is 29.4 Å². The molecule has 0 spiro atoms. The standard InChI is InChI=1S/C19H15ClN4O3/c1-26-15-6-3-12(4-7-15)19-23-18(27-24-19)9-8-17(25)22-14-5-2-13(11-21)16(20)10-14/h2-7,10H,8-9H2,1H3,(H,22,25). The van der Waals surface area contributed by atoms with Crippen LogP contribution in [0.2, 0.25) is 5.02 Å². The van der Waals surface area contributed by atoms with Gasteiger partial charge in [-0.15, -0.1) is 0 Å². The number of rotatable bonds is 6. The average molecular weight is 383 g/mol. The maximum Gasteiger partial charge on any atom is 0.227 e. The molecule has 0 radical (unpaired) electrons. The van der Waals surface area contributed by atoms with E-state index in [9.17, 15) is 4.79 Å². The molecule has 0 fully saturated rings. The highest BCUT2D eigenvalue weighted by atomic mass is 35.5. The first kappa shape index (κ1) is 18.4. The third-order valence-electron chi connectivity index (χ3n) is 3.76. The minimum Gasteiger partial charge on any atom is -0.497 e. The Hall–Kier alpha value is -3.37. The SMILES string of the molecule is COc1ccc(-c2noc(CCC(=O)Nc3ccc(C#N)c(Cl)c3)n2)cc1. The molecule has 1 aromatic heterocycles. The van der Waals surface area contributed by atoms with Crippen molar-refractivity contribution in [3.05, 3.63) is 58.9 Å². The van der Waals surface area contributed by atoms with Crippen LogP contribution in [-0.2, 0) is 11.2 Å². The van der Waals surface area contributed by atoms with Crippen LogP contribution in [0.4, 0.5) is 5.69 Å². The fourth-order valence-corrected chi connectivity index (χ4v) is 2.56. The monoisotopic (exact) mass is 382 g/mol. The van der Waals surface area contributed by atoms with Gasteiger partial charge in [0.1, 0.15) is 11.8 Å². The molecule has 0 saturated carbocycles. The van der Waals surface area contributed by atoms with Crippen molar-refractivity contribution < 1.29 is 14.1 Å². The molecule has 0 saturated heterocycles. The van der Waals surface area contributed by atoms with Crippen LogP contribution in [0.1, 0.15) is 17.9 Å². The van der Waals surface area contributed by atoms with Gasteiger partial charge in [-0.3, -0.25) is 4.79 Å². The fourth-order valence-electron chi connectivity index (χ4n) is 2.34. The third kappa shape index (κ3) is 4.63. The summed E-state index contributed by atoms with van der Waals surface area (Å²) in [6, 6.07) is 13.9. The predicted molar refractivity (Wildman–Crippen MR) is 99.4 cm³/mol. The molecule has 2 aromatic carbocycles. The summed E-state index contributed by atoms with van der Waals surface area (Å²) in [7, 11) is 1.60. The van der Waals surface area contributed by atoms with Gasteiger partial charge in [0.15, 0.2) is 0 Å². The maximum absolute atomic E-state index is 12.1. The highest BCUT2D eigenvalue weighted by Crippen LogP contribution is 2.21. The number of halogens is 1. The lowest BCUT2D eigenvalue weighted by Crippen LogP contribution is -2.12. The van der Waals surface area contributed by atoms with Gasteiger partial charge in [0, 0.05) is 24.1 Å². The van der Waals surface area contributed by atoms with Gasteiger partial charge in [-0.05, 0) is 42.5 Å². The molecular weight excluding hydrogens is 368 g/mol. The van der Waals surface area contributed by atoms with Crippen LogP contribution >= 0.6 is 11.6 Å². The van der Waals surface area contributed by atoms with E-state index in [4.69, 9.17) is 26.1 Å². The van der Waals surface area contributed by atoms with Crippen molar-refractivity contribution in [2.75, 3.05) is 12.4 Å². The molecule has 1 N–H and O–H groups in total. The quantitative estimate of drug-likeness (QED) is 0.695. The predicted octanol–water partition coefficient (Wildman–Crippen LogP) is 3.84. The van der Waals surface area contributed by atoms with Gasteiger partial charge in [0.2, 0.25) is 17.6 Å². The van der Waals surface area contributed by atoms with E-state index in [1.54, 1.807) is 19.2 Å². The van der Waals surface area contributed by atoms with Gasteiger partial charge in [0.25, 0.3) is 0 Å². The zero-order chi connectivity index (χ0) is 19.2. The molecule has 1 amide bonds.